The third-order valence-electron chi connectivity index (χ3n) is 3.36. The summed E-state index contributed by atoms with van der Waals surface area (Å²) < 4.78 is 10.4. The van der Waals surface area contributed by atoms with Crippen LogP contribution in [0.1, 0.15) is 65.2 Å². The number of hydrogen-bond donors (Lipinski definition) is 1. The lowest BCUT2D eigenvalue weighted by atomic mass is 10.1. The zero-order valence-corrected chi connectivity index (χ0v) is 14.4. The molecule has 0 aromatic carbocycles. The maximum atomic E-state index is 9.91. The van der Waals surface area contributed by atoms with E-state index in [2.05, 4.69) is 6.92 Å². The molecule has 0 spiro atoms. The zero-order valence-electron chi connectivity index (χ0n) is 13.6. The molecule has 0 bridgehead atoms. The summed E-state index contributed by atoms with van der Waals surface area (Å²) in [6.07, 6.45) is 10.5. The van der Waals surface area contributed by atoms with Gasteiger partial charge in [-0.15, -0.1) is 11.8 Å². The number of rotatable bonds is 15. The Bertz CT molecular complexity index is 191. The average molecular weight is 307 g/mol. The van der Waals surface area contributed by atoms with E-state index in [4.69, 9.17) is 9.47 Å². The number of aliphatic hydroxyl groups excluding tert-OH is 1. The van der Waals surface area contributed by atoms with Gasteiger partial charge in [0.25, 0.3) is 0 Å². The van der Waals surface area contributed by atoms with Gasteiger partial charge in [0.2, 0.25) is 0 Å². The van der Waals surface area contributed by atoms with Crippen molar-refractivity contribution in [1.29, 1.82) is 0 Å². The topological polar surface area (TPSA) is 38.7 Å². The molecule has 0 aliphatic rings. The van der Waals surface area contributed by atoms with Gasteiger partial charge in [0.15, 0.2) is 0 Å². The molecule has 0 saturated carbocycles. The van der Waals surface area contributed by atoms with Crippen molar-refractivity contribution in [3.63, 3.8) is 0 Å². The van der Waals surface area contributed by atoms with Gasteiger partial charge in [0, 0.05) is 7.11 Å². The van der Waals surface area contributed by atoms with E-state index in [1.807, 2.05) is 6.92 Å². The van der Waals surface area contributed by atoms with Crippen molar-refractivity contribution in [2.24, 2.45) is 0 Å². The summed E-state index contributed by atoms with van der Waals surface area (Å²) >= 11 is 1.60. The van der Waals surface area contributed by atoms with Crippen molar-refractivity contribution in [1.82, 2.24) is 0 Å². The van der Waals surface area contributed by atoms with Crippen molar-refractivity contribution >= 4 is 11.8 Å². The Labute approximate surface area is 129 Å². The van der Waals surface area contributed by atoms with Gasteiger partial charge in [-0.2, -0.15) is 0 Å². The zero-order chi connectivity index (χ0) is 15.1. The highest BCUT2D eigenvalue weighted by molar-refractivity contribution is 7.99. The molecule has 2 atom stereocenters. The SMILES string of the molecule is CCCCCCCCCCSC(O)C(C)OCCOC. The standard InChI is InChI=1S/C16H34O3S/c1-4-5-6-7-8-9-10-11-14-20-16(17)15(2)19-13-12-18-3/h15-17H,4-14H2,1-3H3. The van der Waals surface area contributed by atoms with Crippen molar-refractivity contribution < 1.29 is 14.6 Å². The second kappa shape index (κ2) is 15.6. The van der Waals surface area contributed by atoms with Crippen LogP contribution in [0.5, 0.6) is 0 Å². The maximum absolute atomic E-state index is 9.91. The van der Waals surface area contributed by atoms with Gasteiger partial charge in [-0.3, -0.25) is 0 Å². The summed E-state index contributed by atoms with van der Waals surface area (Å²) in [5.74, 6) is 1.02. The van der Waals surface area contributed by atoms with E-state index in [0.717, 1.165) is 5.75 Å². The Balaban J connectivity index is 3.27. The number of ether oxygens (including phenoxy) is 2. The molecule has 0 amide bonds. The quantitative estimate of drug-likeness (QED) is 0.363. The maximum Gasteiger partial charge on any atom is 0.125 e. The Morgan fingerprint density at radius 3 is 2.15 bits per heavy atom. The van der Waals surface area contributed by atoms with Gasteiger partial charge >= 0.3 is 0 Å². The van der Waals surface area contributed by atoms with Gasteiger partial charge in [0.1, 0.15) is 5.44 Å². The van der Waals surface area contributed by atoms with E-state index in [-0.39, 0.29) is 6.10 Å². The molecule has 0 aliphatic carbocycles. The molecule has 0 heterocycles. The Hall–Kier alpha value is 0.230. The summed E-state index contributed by atoms with van der Waals surface area (Å²) in [6.45, 7) is 5.30. The fourth-order valence-corrected chi connectivity index (χ4v) is 2.94. The second-order valence-electron chi connectivity index (χ2n) is 5.30. The summed E-state index contributed by atoms with van der Waals surface area (Å²) in [4.78, 5) is 0. The third kappa shape index (κ3) is 13.2. The van der Waals surface area contributed by atoms with E-state index in [0.29, 0.717) is 13.2 Å². The molecular weight excluding hydrogens is 272 g/mol. The van der Waals surface area contributed by atoms with Crippen LogP contribution in [0, 0.1) is 0 Å². The fraction of sp³-hybridized carbons (Fsp3) is 1.00. The van der Waals surface area contributed by atoms with E-state index in [9.17, 15) is 5.11 Å². The predicted molar refractivity (Wildman–Crippen MR) is 88.4 cm³/mol. The normalized spacial score (nSPS) is 14.4. The first-order valence-electron chi connectivity index (χ1n) is 8.12. The molecule has 0 aromatic heterocycles. The minimum atomic E-state index is -0.420. The van der Waals surface area contributed by atoms with E-state index < -0.39 is 5.44 Å². The van der Waals surface area contributed by atoms with Gasteiger partial charge in [-0.1, -0.05) is 51.9 Å². The van der Waals surface area contributed by atoms with Crippen LogP contribution < -0.4 is 0 Å². The molecule has 20 heavy (non-hydrogen) atoms. The molecule has 1 N–H and O–H groups in total. The summed E-state index contributed by atoms with van der Waals surface area (Å²) in [5, 5.41) is 9.91. The van der Waals surface area contributed by atoms with E-state index in [1.165, 1.54) is 51.4 Å². The number of aliphatic hydroxyl groups is 1. The van der Waals surface area contributed by atoms with Crippen LogP contribution in [0.25, 0.3) is 0 Å². The summed E-state index contributed by atoms with van der Waals surface area (Å²) in [6, 6.07) is 0. The molecule has 0 aromatic rings. The van der Waals surface area contributed by atoms with Crippen LogP contribution >= 0.6 is 11.8 Å². The number of methoxy groups -OCH3 is 1. The van der Waals surface area contributed by atoms with E-state index >= 15 is 0 Å². The largest absolute Gasteiger partial charge is 0.382 e. The Kier molecular flexibility index (Phi) is 15.8. The fourth-order valence-electron chi connectivity index (χ4n) is 1.98. The molecular formula is C16H34O3S. The highest BCUT2D eigenvalue weighted by Gasteiger charge is 2.14. The average Bonchev–Trinajstić information content (AvgIpc) is 2.45. The molecule has 0 aliphatic heterocycles. The smallest absolute Gasteiger partial charge is 0.125 e. The van der Waals surface area contributed by atoms with Gasteiger partial charge in [-0.25, -0.2) is 0 Å². The molecule has 3 nitrogen and oxygen atoms in total. The monoisotopic (exact) mass is 306 g/mol. The van der Waals surface area contributed by atoms with Crippen molar-refractivity contribution in [3.8, 4) is 0 Å². The first kappa shape index (κ1) is 20.2. The summed E-state index contributed by atoms with van der Waals surface area (Å²) in [7, 11) is 1.65. The molecule has 0 radical (unpaired) electrons. The van der Waals surface area contributed by atoms with Crippen LogP contribution in [-0.2, 0) is 9.47 Å². The Morgan fingerprint density at radius 2 is 1.55 bits per heavy atom. The van der Waals surface area contributed by atoms with Crippen molar-refractivity contribution in [2.75, 3.05) is 26.1 Å². The number of unbranched alkanes of at least 4 members (excludes halogenated alkanes) is 7. The lowest BCUT2D eigenvalue weighted by Gasteiger charge is -2.18. The first-order chi connectivity index (χ1) is 9.72. The molecule has 0 rings (SSSR count). The number of hydrogen-bond acceptors (Lipinski definition) is 4. The predicted octanol–water partition coefficient (Wildman–Crippen LogP) is 4.23. The third-order valence-corrected chi connectivity index (χ3v) is 4.61. The lowest BCUT2D eigenvalue weighted by Crippen LogP contribution is -2.24. The van der Waals surface area contributed by atoms with Crippen LogP contribution in [0.4, 0.5) is 0 Å². The Morgan fingerprint density at radius 1 is 0.950 bits per heavy atom. The van der Waals surface area contributed by atoms with Crippen LogP contribution in [0.2, 0.25) is 0 Å². The lowest BCUT2D eigenvalue weighted by molar-refractivity contribution is -0.0120. The van der Waals surface area contributed by atoms with Crippen LogP contribution in [0.15, 0.2) is 0 Å². The van der Waals surface area contributed by atoms with Crippen molar-refractivity contribution in [2.45, 2.75) is 76.8 Å². The van der Waals surface area contributed by atoms with Crippen LogP contribution in [-0.4, -0.2) is 42.7 Å². The minimum Gasteiger partial charge on any atom is -0.382 e. The summed E-state index contributed by atoms with van der Waals surface area (Å²) in [5.41, 5.74) is -0.420. The van der Waals surface area contributed by atoms with Crippen LogP contribution in [0.3, 0.4) is 0 Å². The van der Waals surface area contributed by atoms with E-state index in [1.54, 1.807) is 18.9 Å². The second-order valence-corrected chi connectivity index (χ2v) is 6.53. The molecule has 0 saturated heterocycles. The highest BCUT2D eigenvalue weighted by Crippen LogP contribution is 2.17. The molecule has 0 fully saturated rings. The molecule has 122 valence electrons. The minimum absolute atomic E-state index is 0.121. The van der Waals surface area contributed by atoms with Gasteiger partial charge in [0.05, 0.1) is 19.3 Å². The molecule has 2 unspecified atom stereocenters. The highest BCUT2D eigenvalue weighted by atomic mass is 32.2. The molecule has 4 heteroatoms. The first-order valence-corrected chi connectivity index (χ1v) is 9.17. The number of thioether (sulfide) groups is 1. The van der Waals surface area contributed by atoms with Gasteiger partial charge in [-0.05, 0) is 19.1 Å². The van der Waals surface area contributed by atoms with Crippen molar-refractivity contribution in [3.05, 3.63) is 0 Å². The van der Waals surface area contributed by atoms with Gasteiger partial charge < -0.3 is 14.6 Å².